The van der Waals surface area contributed by atoms with Crippen molar-refractivity contribution in [1.29, 1.82) is 0 Å². The maximum Gasteiger partial charge on any atom is 0.339 e. The second-order valence-corrected chi connectivity index (χ2v) is 5.11. The number of likely N-dealkylation sites (N-methyl/N-ethyl adjacent to an activating group) is 1. The molecule has 1 aliphatic rings. The molecule has 1 aliphatic carbocycles. The predicted molar refractivity (Wildman–Crippen MR) is 79.1 cm³/mol. The van der Waals surface area contributed by atoms with Gasteiger partial charge in [0, 0.05) is 19.1 Å². The second kappa shape index (κ2) is 6.70. The Labute approximate surface area is 120 Å². The third kappa shape index (κ3) is 3.70. The van der Waals surface area contributed by atoms with Crippen molar-refractivity contribution >= 4 is 11.8 Å². The van der Waals surface area contributed by atoms with Crippen LogP contribution in [0.3, 0.4) is 0 Å². The number of carbonyl (C=O) groups is 1. The molecule has 0 saturated heterocycles. The van der Waals surface area contributed by atoms with E-state index in [-0.39, 0.29) is 5.97 Å². The summed E-state index contributed by atoms with van der Waals surface area (Å²) in [5.41, 5.74) is 1.21. The lowest BCUT2D eigenvalue weighted by Crippen LogP contribution is -2.31. The highest BCUT2D eigenvalue weighted by molar-refractivity contribution is 5.90. The van der Waals surface area contributed by atoms with E-state index in [9.17, 15) is 4.79 Å². The average molecular weight is 277 g/mol. The van der Waals surface area contributed by atoms with E-state index in [1.165, 1.54) is 20.0 Å². The van der Waals surface area contributed by atoms with Gasteiger partial charge in [-0.05, 0) is 38.4 Å². The molecule has 110 valence electrons. The third-order valence-corrected chi connectivity index (χ3v) is 3.67. The molecule has 2 rings (SSSR count). The highest BCUT2D eigenvalue weighted by Gasteiger charge is 2.27. The molecule has 1 N–H and O–H groups in total. The minimum Gasteiger partial charge on any atom is -0.465 e. The Morgan fingerprint density at radius 2 is 2.25 bits per heavy atom. The zero-order chi connectivity index (χ0) is 14.5. The van der Waals surface area contributed by atoms with E-state index < -0.39 is 0 Å². The van der Waals surface area contributed by atoms with Crippen molar-refractivity contribution in [3.63, 3.8) is 0 Å². The Kier molecular flexibility index (Phi) is 4.95. The van der Waals surface area contributed by atoms with E-state index in [0.717, 1.165) is 31.5 Å². The smallest absolute Gasteiger partial charge is 0.339 e. The molecule has 1 saturated carbocycles. The molecule has 0 bridgehead atoms. The van der Waals surface area contributed by atoms with Crippen molar-refractivity contribution in [2.75, 3.05) is 32.1 Å². The van der Waals surface area contributed by atoms with E-state index >= 15 is 0 Å². The molecule has 0 aliphatic heterocycles. The van der Waals surface area contributed by atoms with Gasteiger partial charge in [-0.1, -0.05) is 6.92 Å². The van der Waals surface area contributed by atoms with Crippen LogP contribution in [0.1, 0.15) is 35.8 Å². The fourth-order valence-electron chi connectivity index (χ4n) is 2.35. The van der Waals surface area contributed by atoms with E-state index in [2.05, 4.69) is 22.1 Å². The van der Waals surface area contributed by atoms with Crippen LogP contribution in [-0.4, -0.2) is 48.6 Å². The number of carbonyl (C=O) groups excluding carboxylic acids is 1. The molecule has 5 nitrogen and oxygen atoms in total. The van der Waals surface area contributed by atoms with E-state index in [1.807, 2.05) is 13.0 Å². The highest BCUT2D eigenvalue weighted by Crippen LogP contribution is 2.25. The zero-order valence-electron chi connectivity index (χ0n) is 12.5. The van der Waals surface area contributed by atoms with Crippen molar-refractivity contribution in [1.82, 2.24) is 9.88 Å². The molecule has 0 atom stereocenters. The molecule has 0 aromatic carbocycles. The van der Waals surface area contributed by atoms with Crippen molar-refractivity contribution < 1.29 is 9.53 Å². The van der Waals surface area contributed by atoms with Gasteiger partial charge >= 0.3 is 5.97 Å². The molecular formula is C15H23N3O2. The van der Waals surface area contributed by atoms with Gasteiger partial charge in [-0.15, -0.1) is 0 Å². The minimum absolute atomic E-state index is 0.340. The van der Waals surface area contributed by atoms with Crippen LogP contribution in [0, 0.1) is 6.92 Å². The van der Waals surface area contributed by atoms with Crippen LogP contribution in [0.2, 0.25) is 0 Å². The van der Waals surface area contributed by atoms with Gasteiger partial charge in [0.15, 0.2) is 0 Å². The lowest BCUT2D eigenvalue weighted by Gasteiger charge is -2.20. The van der Waals surface area contributed by atoms with Crippen LogP contribution in [0.5, 0.6) is 0 Å². The molecule has 1 aromatic heterocycles. The average Bonchev–Trinajstić information content (AvgIpc) is 3.27. The van der Waals surface area contributed by atoms with Crippen LogP contribution < -0.4 is 5.32 Å². The van der Waals surface area contributed by atoms with Gasteiger partial charge in [-0.3, -0.25) is 4.90 Å². The first-order chi connectivity index (χ1) is 9.65. The maximum absolute atomic E-state index is 11.5. The number of hydrogen-bond donors (Lipinski definition) is 1. The first kappa shape index (κ1) is 14.8. The van der Waals surface area contributed by atoms with Crippen LogP contribution in [0.4, 0.5) is 5.82 Å². The summed E-state index contributed by atoms with van der Waals surface area (Å²) in [6.45, 7) is 7.01. The van der Waals surface area contributed by atoms with Crippen molar-refractivity contribution in [3.05, 3.63) is 23.4 Å². The van der Waals surface area contributed by atoms with Crippen molar-refractivity contribution in [2.24, 2.45) is 0 Å². The number of nitrogens with zero attached hydrogens (tertiary/aromatic N) is 2. The lowest BCUT2D eigenvalue weighted by atomic mass is 10.2. The summed E-state index contributed by atoms with van der Waals surface area (Å²) < 4.78 is 4.71. The number of rotatable bonds is 7. The first-order valence-corrected chi connectivity index (χ1v) is 7.19. The molecule has 20 heavy (non-hydrogen) atoms. The van der Waals surface area contributed by atoms with Crippen LogP contribution >= 0.6 is 0 Å². The maximum atomic E-state index is 11.5. The first-order valence-electron chi connectivity index (χ1n) is 7.19. The number of methoxy groups -OCH3 is 1. The molecule has 0 spiro atoms. The summed E-state index contributed by atoms with van der Waals surface area (Å²) in [6.07, 6.45) is 2.66. The summed E-state index contributed by atoms with van der Waals surface area (Å²) in [5, 5.41) is 3.31. The molecular weight excluding hydrogens is 254 g/mol. The van der Waals surface area contributed by atoms with E-state index in [4.69, 9.17) is 4.74 Å². The van der Waals surface area contributed by atoms with Crippen LogP contribution in [-0.2, 0) is 4.74 Å². The Balaban J connectivity index is 1.86. The van der Waals surface area contributed by atoms with E-state index in [1.54, 1.807) is 6.07 Å². The summed E-state index contributed by atoms with van der Waals surface area (Å²) in [7, 11) is 1.38. The number of aryl methyl sites for hydroxylation is 1. The summed E-state index contributed by atoms with van der Waals surface area (Å²) in [6, 6.07) is 4.37. The Bertz CT molecular complexity index is 472. The Morgan fingerprint density at radius 3 is 2.80 bits per heavy atom. The minimum atomic E-state index is -0.340. The molecule has 1 aromatic rings. The number of anilines is 1. The van der Waals surface area contributed by atoms with Gasteiger partial charge in [0.25, 0.3) is 0 Å². The summed E-state index contributed by atoms with van der Waals surface area (Å²) in [5.74, 6) is 0.467. The molecule has 1 fully saturated rings. The SMILES string of the molecule is CCN(CCNc1ccc(C(=O)OC)c(C)n1)C1CC1. The number of nitrogens with one attached hydrogen (secondary N) is 1. The van der Waals surface area contributed by atoms with Gasteiger partial charge in [0.2, 0.25) is 0 Å². The molecule has 0 unspecified atom stereocenters. The van der Waals surface area contributed by atoms with Gasteiger partial charge in [0.1, 0.15) is 5.82 Å². The number of pyridine rings is 1. The molecule has 0 amide bonds. The standard InChI is InChI=1S/C15H23N3O2/c1-4-18(12-5-6-12)10-9-16-14-8-7-13(11(2)17-14)15(19)20-3/h7-8,12H,4-6,9-10H2,1-3H3,(H,16,17). The number of hydrogen-bond acceptors (Lipinski definition) is 5. The summed E-state index contributed by atoms with van der Waals surface area (Å²) in [4.78, 5) is 18.4. The fourth-order valence-corrected chi connectivity index (χ4v) is 2.35. The lowest BCUT2D eigenvalue weighted by molar-refractivity contribution is 0.0599. The van der Waals surface area contributed by atoms with Crippen LogP contribution in [0.25, 0.3) is 0 Å². The van der Waals surface area contributed by atoms with Crippen molar-refractivity contribution in [3.8, 4) is 0 Å². The van der Waals surface area contributed by atoms with Gasteiger partial charge in [-0.2, -0.15) is 0 Å². The monoisotopic (exact) mass is 277 g/mol. The van der Waals surface area contributed by atoms with Gasteiger partial charge in [-0.25, -0.2) is 9.78 Å². The largest absolute Gasteiger partial charge is 0.465 e. The number of ether oxygens (including phenoxy) is 1. The Hall–Kier alpha value is -1.62. The molecule has 5 heteroatoms. The quantitative estimate of drug-likeness (QED) is 0.773. The predicted octanol–water partition coefficient (Wildman–Crippen LogP) is 2.07. The highest BCUT2D eigenvalue weighted by atomic mass is 16.5. The fraction of sp³-hybridized carbons (Fsp3) is 0.600. The second-order valence-electron chi connectivity index (χ2n) is 5.11. The summed E-state index contributed by atoms with van der Waals surface area (Å²) >= 11 is 0. The number of aromatic nitrogens is 1. The van der Waals surface area contributed by atoms with Gasteiger partial charge in [0.05, 0.1) is 18.4 Å². The normalized spacial score (nSPS) is 14.4. The Morgan fingerprint density at radius 1 is 1.50 bits per heavy atom. The molecule has 1 heterocycles. The molecule has 0 radical (unpaired) electrons. The van der Waals surface area contributed by atoms with E-state index in [0.29, 0.717) is 11.3 Å². The number of esters is 1. The van der Waals surface area contributed by atoms with Crippen molar-refractivity contribution in [2.45, 2.75) is 32.7 Å². The third-order valence-electron chi connectivity index (χ3n) is 3.67. The van der Waals surface area contributed by atoms with Crippen LogP contribution in [0.15, 0.2) is 12.1 Å². The zero-order valence-corrected chi connectivity index (χ0v) is 12.5. The topological polar surface area (TPSA) is 54.5 Å². The van der Waals surface area contributed by atoms with Gasteiger partial charge < -0.3 is 10.1 Å².